The Kier molecular flexibility index (Phi) is 6.94. The first-order valence-electron chi connectivity index (χ1n) is 2.81. The van der Waals surface area contributed by atoms with Gasteiger partial charge in [-0.15, -0.1) is 0 Å². The molecule has 0 heterocycles. The van der Waals surface area contributed by atoms with Gasteiger partial charge in [0.15, 0.2) is 0 Å². The number of hydrogen-bond donors (Lipinski definition) is 0. The van der Waals surface area contributed by atoms with Gasteiger partial charge in [0.2, 0.25) is 0 Å². The first-order valence-corrected chi connectivity index (χ1v) is 5.28. The molecule has 6 heteroatoms. The lowest BCUT2D eigenvalue weighted by atomic mass is 10.3. The standard InChI is InChI=1S/C6H5NO2.Cl2S/c8-7(9)6-4-2-1-3-5-6;1-3-2/h1-5H;/i1+0,2+0,3+0,4+0,5+0,6+0;. The van der Waals surface area contributed by atoms with Crippen LogP contribution in [-0.2, 0) is 0 Å². The summed E-state index contributed by atoms with van der Waals surface area (Å²) in [5, 5.41) is 10.0. The SMILES string of the molecule is ClSCl.O=[N+]([O-])[12c]1[12cH][12cH][12cH][12cH][12cH]1. The van der Waals surface area contributed by atoms with Gasteiger partial charge in [-0.25, -0.2) is 0 Å². The first kappa shape index (κ1) is 11.6. The van der Waals surface area contributed by atoms with E-state index in [1.165, 1.54) is 12.1 Å². The average molecular weight is 226 g/mol. The van der Waals surface area contributed by atoms with Gasteiger partial charge < -0.3 is 0 Å². The predicted octanol–water partition coefficient (Wildman–Crippen LogP) is 3.62. The van der Waals surface area contributed by atoms with Crippen molar-refractivity contribution >= 4 is 37.2 Å². The zero-order valence-corrected chi connectivity index (χ0v) is 8.14. The van der Waals surface area contributed by atoms with Crippen molar-refractivity contribution in [1.82, 2.24) is 0 Å². The van der Waals surface area contributed by atoms with Crippen molar-refractivity contribution in [2.45, 2.75) is 0 Å². The second-order valence-corrected chi connectivity index (χ2v) is 3.17. The lowest BCUT2D eigenvalue weighted by molar-refractivity contribution is -0.384. The number of nitrogens with zero attached hydrogens (tertiary/aromatic N) is 1. The van der Waals surface area contributed by atoms with Crippen molar-refractivity contribution in [2.75, 3.05) is 0 Å². The first-order chi connectivity index (χ1) is 5.72. The van der Waals surface area contributed by atoms with Gasteiger partial charge in [0.1, 0.15) is 0 Å². The highest BCUT2D eigenvalue weighted by Crippen LogP contribution is 2.08. The van der Waals surface area contributed by atoms with Crippen LogP contribution >= 0.6 is 31.6 Å². The van der Waals surface area contributed by atoms with Crippen molar-refractivity contribution in [2.24, 2.45) is 0 Å². The molecule has 0 spiro atoms. The summed E-state index contributed by atoms with van der Waals surface area (Å²) in [5.74, 6) is 0. The monoisotopic (exact) mass is 225 g/mol. The molecule has 12 heavy (non-hydrogen) atoms. The quantitative estimate of drug-likeness (QED) is 0.542. The molecule has 0 N–H and O–H groups in total. The van der Waals surface area contributed by atoms with Gasteiger partial charge in [-0.05, 0) is 21.4 Å². The molecule has 1 rings (SSSR count). The molecule has 0 fully saturated rings. The van der Waals surface area contributed by atoms with E-state index in [9.17, 15) is 10.1 Å². The lowest BCUT2D eigenvalue weighted by Crippen LogP contribution is -1.84. The maximum Gasteiger partial charge on any atom is 0.269 e. The Hall–Kier alpha value is -0.450. The summed E-state index contributed by atoms with van der Waals surface area (Å²) in [5.41, 5.74) is 0.137. The van der Waals surface area contributed by atoms with E-state index in [1.54, 1.807) is 18.2 Å². The topological polar surface area (TPSA) is 43.1 Å². The van der Waals surface area contributed by atoms with Gasteiger partial charge in [-0.2, -0.15) is 0 Å². The fourth-order valence-electron chi connectivity index (χ4n) is 0.550. The largest absolute Gasteiger partial charge is 0.269 e. The fourth-order valence-corrected chi connectivity index (χ4v) is 0.550. The summed E-state index contributed by atoms with van der Waals surface area (Å²) in [6.07, 6.45) is 0. The molecule has 0 saturated carbocycles. The maximum atomic E-state index is 10.0. The Morgan fingerprint density at radius 3 is 1.92 bits per heavy atom. The van der Waals surface area contributed by atoms with Gasteiger partial charge in [-0.1, -0.05) is 18.2 Å². The summed E-state index contributed by atoms with van der Waals surface area (Å²) >= 11 is 0. The maximum absolute atomic E-state index is 10.0. The van der Waals surface area contributed by atoms with E-state index >= 15 is 0 Å². The number of rotatable bonds is 1. The van der Waals surface area contributed by atoms with E-state index in [4.69, 9.17) is 0 Å². The lowest BCUT2D eigenvalue weighted by Gasteiger charge is -1.85. The molecule has 0 radical (unpaired) electrons. The van der Waals surface area contributed by atoms with Crippen molar-refractivity contribution in [1.29, 1.82) is 0 Å². The molecule has 0 aliphatic carbocycles. The van der Waals surface area contributed by atoms with Gasteiger partial charge in [0, 0.05) is 12.1 Å². The molecule has 0 aromatic heterocycles. The number of hydrogen-bond acceptors (Lipinski definition) is 3. The fraction of sp³-hybridized carbons (Fsp3) is 0. The molecule has 0 bridgehead atoms. The molecule has 3 nitrogen and oxygen atoms in total. The minimum Gasteiger partial charge on any atom is -0.258 e. The zero-order valence-electron chi connectivity index (χ0n) is 5.81. The summed E-state index contributed by atoms with van der Waals surface area (Å²) in [6, 6.07) is 7.93. The Morgan fingerprint density at radius 1 is 1.25 bits per heavy atom. The molecule has 0 aliphatic rings. The second-order valence-electron chi connectivity index (χ2n) is 1.65. The molecule has 0 saturated heterocycles. The van der Waals surface area contributed by atoms with E-state index in [-0.39, 0.29) is 5.69 Å². The molecule has 1 aromatic rings. The van der Waals surface area contributed by atoms with E-state index in [2.05, 4.69) is 21.4 Å². The van der Waals surface area contributed by atoms with Crippen LogP contribution in [0.15, 0.2) is 30.3 Å². The molecular weight excluding hydrogens is 221 g/mol. The van der Waals surface area contributed by atoms with Crippen molar-refractivity contribution < 1.29 is 4.92 Å². The molecule has 0 aliphatic heterocycles. The number of non-ortho nitro benzene ring substituents is 1. The predicted molar refractivity (Wildman–Crippen MR) is 52.4 cm³/mol. The van der Waals surface area contributed by atoms with E-state index in [1.807, 2.05) is 0 Å². The van der Waals surface area contributed by atoms with Gasteiger partial charge in [0.25, 0.3) is 5.69 Å². The third kappa shape index (κ3) is 5.23. The van der Waals surface area contributed by atoms with Crippen molar-refractivity contribution in [3.05, 3.63) is 40.4 Å². The Labute approximate surface area is 82.8 Å². The van der Waals surface area contributed by atoms with Crippen LogP contribution in [0.4, 0.5) is 5.69 Å². The van der Waals surface area contributed by atoms with Crippen LogP contribution < -0.4 is 0 Å². The minimum absolute atomic E-state index is 0.137. The van der Waals surface area contributed by atoms with Crippen LogP contribution in [0.25, 0.3) is 0 Å². The van der Waals surface area contributed by atoms with Gasteiger partial charge >= 0.3 is 0 Å². The summed E-state index contributed by atoms with van der Waals surface area (Å²) in [6.45, 7) is 0. The Bertz CT molecular complexity index is 232. The number of benzene rings is 1. The van der Waals surface area contributed by atoms with E-state index in [0.717, 1.165) is 0 Å². The third-order valence-electron chi connectivity index (χ3n) is 0.967. The van der Waals surface area contributed by atoms with Crippen LogP contribution in [0.2, 0.25) is 0 Å². The highest BCUT2D eigenvalue weighted by molar-refractivity contribution is 8.38. The van der Waals surface area contributed by atoms with E-state index < -0.39 is 4.92 Å². The summed E-state index contributed by atoms with van der Waals surface area (Å²) < 4.78 is 0. The summed E-state index contributed by atoms with van der Waals surface area (Å²) in [7, 11) is 10.1. The smallest absolute Gasteiger partial charge is 0.258 e. The van der Waals surface area contributed by atoms with E-state index in [0.29, 0.717) is 10.2 Å². The van der Waals surface area contributed by atoms with Crippen molar-refractivity contribution in [3.8, 4) is 0 Å². The molecule has 66 valence electrons. The number of para-hydroxylation sites is 1. The molecule has 0 amide bonds. The Balaban J connectivity index is 0.000000354. The zero-order chi connectivity index (χ0) is 9.40. The van der Waals surface area contributed by atoms with Crippen LogP contribution in [0.5, 0.6) is 0 Å². The molecular formula is C6H5Cl2NO2S. The normalized spacial score (nSPS) is 8.17. The van der Waals surface area contributed by atoms with Gasteiger partial charge in [0.05, 0.1) is 15.1 Å². The second kappa shape index (κ2) is 7.21. The van der Waals surface area contributed by atoms with Gasteiger partial charge in [-0.3, -0.25) is 10.1 Å². The van der Waals surface area contributed by atoms with Crippen LogP contribution in [0.3, 0.4) is 0 Å². The highest BCUT2D eigenvalue weighted by atomic mass is 36.0. The molecule has 0 unspecified atom stereocenters. The average Bonchev–Trinajstić information content (AvgIpc) is 2.07. The number of nitro groups is 1. The van der Waals surface area contributed by atoms with Crippen LogP contribution in [-0.4, -0.2) is 4.92 Å². The molecule has 0 atom stereocenters. The van der Waals surface area contributed by atoms with Crippen LogP contribution in [0.1, 0.15) is 0 Å². The third-order valence-corrected chi connectivity index (χ3v) is 0.967. The minimum atomic E-state index is -0.417. The summed E-state index contributed by atoms with van der Waals surface area (Å²) in [4.78, 5) is 9.59. The van der Waals surface area contributed by atoms with Crippen LogP contribution in [0, 0.1) is 10.1 Å². The molecule has 1 aromatic carbocycles. The highest BCUT2D eigenvalue weighted by Gasteiger charge is 1.98. The number of nitro benzene ring substituents is 1. The number of halogens is 2. The Morgan fingerprint density at radius 2 is 1.67 bits per heavy atom. The van der Waals surface area contributed by atoms with Crippen molar-refractivity contribution in [3.63, 3.8) is 0 Å².